The largest absolute Gasteiger partial charge is 0.462 e. The second-order valence-electron chi connectivity index (χ2n) is 4.88. The van der Waals surface area contributed by atoms with Gasteiger partial charge in [-0.05, 0) is 55.8 Å². The van der Waals surface area contributed by atoms with Gasteiger partial charge in [0.1, 0.15) is 5.60 Å². The predicted molar refractivity (Wildman–Crippen MR) is 75.3 cm³/mol. The molecule has 0 N–H and O–H groups in total. The van der Waals surface area contributed by atoms with Gasteiger partial charge in [-0.3, -0.25) is 0 Å². The van der Waals surface area contributed by atoms with Gasteiger partial charge in [-0.1, -0.05) is 6.07 Å². The van der Waals surface area contributed by atoms with Gasteiger partial charge in [0.25, 0.3) is 0 Å². The Labute approximate surface area is 121 Å². The summed E-state index contributed by atoms with van der Waals surface area (Å²) in [5, 5.41) is 0. The van der Waals surface area contributed by atoms with E-state index >= 15 is 0 Å². The first kappa shape index (κ1) is 15.7. The lowest BCUT2D eigenvalue weighted by atomic mass is 10.1. The minimum atomic E-state index is -0.627. The highest BCUT2D eigenvalue weighted by Gasteiger charge is 2.25. The summed E-state index contributed by atoms with van der Waals surface area (Å²) in [4.78, 5) is 24.0. The quantitative estimate of drug-likeness (QED) is 0.796. The van der Waals surface area contributed by atoms with Crippen molar-refractivity contribution in [2.45, 2.75) is 33.3 Å². The third-order valence-corrected chi connectivity index (χ3v) is 2.77. The molecule has 0 aliphatic rings. The standard InChI is InChI=1S/C14H17BrO4/c1-5-18-12(16)9-7-6-8-10(15)11(9)13(17)19-14(2,3)4/h6-8H,5H2,1-4H3. The molecule has 1 rings (SSSR count). The Hall–Kier alpha value is -1.36. The van der Waals surface area contributed by atoms with Crippen LogP contribution in [0.25, 0.3) is 0 Å². The van der Waals surface area contributed by atoms with Gasteiger partial charge in [0.15, 0.2) is 0 Å². The van der Waals surface area contributed by atoms with Crippen LogP contribution in [0.15, 0.2) is 22.7 Å². The Kier molecular flexibility index (Phi) is 5.11. The number of carbonyl (C=O) groups is 2. The van der Waals surface area contributed by atoms with Crippen LogP contribution in [0.1, 0.15) is 48.4 Å². The van der Waals surface area contributed by atoms with Crippen molar-refractivity contribution >= 4 is 27.9 Å². The molecule has 4 nitrogen and oxygen atoms in total. The van der Waals surface area contributed by atoms with E-state index in [9.17, 15) is 9.59 Å². The van der Waals surface area contributed by atoms with Gasteiger partial charge in [-0.15, -0.1) is 0 Å². The summed E-state index contributed by atoms with van der Waals surface area (Å²) in [6.45, 7) is 7.27. The van der Waals surface area contributed by atoms with Crippen LogP contribution in [0.4, 0.5) is 0 Å². The number of benzene rings is 1. The molecule has 0 unspecified atom stereocenters. The Balaban J connectivity index is 3.18. The van der Waals surface area contributed by atoms with E-state index in [0.717, 1.165) is 0 Å². The molecule has 5 heteroatoms. The molecule has 0 atom stereocenters. The van der Waals surface area contributed by atoms with Crippen molar-refractivity contribution in [1.82, 2.24) is 0 Å². The first-order chi connectivity index (χ1) is 8.76. The lowest BCUT2D eigenvalue weighted by Gasteiger charge is -2.20. The minimum Gasteiger partial charge on any atom is -0.462 e. The SMILES string of the molecule is CCOC(=O)c1cccc(Br)c1C(=O)OC(C)(C)C. The fraction of sp³-hybridized carbons (Fsp3) is 0.429. The summed E-state index contributed by atoms with van der Waals surface area (Å²) < 4.78 is 10.7. The smallest absolute Gasteiger partial charge is 0.340 e. The molecule has 0 saturated carbocycles. The van der Waals surface area contributed by atoms with Gasteiger partial charge in [-0.25, -0.2) is 9.59 Å². The number of ether oxygens (including phenoxy) is 2. The molecule has 0 radical (unpaired) electrons. The molecule has 19 heavy (non-hydrogen) atoms. The number of hydrogen-bond acceptors (Lipinski definition) is 4. The average molecular weight is 329 g/mol. The van der Waals surface area contributed by atoms with Crippen molar-refractivity contribution in [2.24, 2.45) is 0 Å². The van der Waals surface area contributed by atoms with Crippen molar-refractivity contribution < 1.29 is 19.1 Å². The maximum atomic E-state index is 12.2. The van der Waals surface area contributed by atoms with Crippen molar-refractivity contribution in [3.05, 3.63) is 33.8 Å². The summed E-state index contributed by atoms with van der Waals surface area (Å²) >= 11 is 3.27. The molecular weight excluding hydrogens is 312 g/mol. The van der Waals surface area contributed by atoms with Gasteiger partial charge >= 0.3 is 11.9 Å². The zero-order valence-corrected chi connectivity index (χ0v) is 13.0. The van der Waals surface area contributed by atoms with E-state index in [4.69, 9.17) is 9.47 Å². The van der Waals surface area contributed by atoms with E-state index in [1.54, 1.807) is 45.9 Å². The van der Waals surface area contributed by atoms with Crippen molar-refractivity contribution in [1.29, 1.82) is 0 Å². The Bertz CT molecular complexity index is 489. The Morgan fingerprint density at radius 3 is 2.37 bits per heavy atom. The van der Waals surface area contributed by atoms with Gasteiger partial charge in [0, 0.05) is 4.47 Å². The molecule has 104 valence electrons. The number of carbonyl (C=O) groups excluding carboxylic acids is 2. The third kappa shape index (κ3) is 4.35. The molecule has 1 aromatic rings. The Morgan fingerprint density at radius 1 is 1.21 bits per heavy atom. The molecule has 0 fully saturated rings. The van der Waals surface area contributed by atoms with E-state index in [1.165, 1.54) is 0 Å². The molecule has 0 aromatic heterocycles. The summed E-state index contributed by atoms with van der Waals surface area (Å²) in [5.74, 6) is -1.09. The summed E-state index contributed by atoms with van der Waals surface area (Å²) in [7, 11) is 0. The molecule has 0 spiro atoms. The van der Waals surface area contributed by atoms with Crippen LogP contribution in [0.2, 0.25) is 0 Å². The van der Waals surface area contributed by atoms with Crippen LogP contribution in [-0.4, -0.2) is 24.1 Å². The predicted octanol–water partition coefficient (Wildman–Crippen LogP) is 3.58. The van der Waals surface area contributed by atoms with Crippen molar-refractivity contribution in [2.75, 3.05) is 6.61 Å². The fourth-order valence-electron chi connectivity index (χ4n) is 1.44. The van der Waals surface area contributed by atoms with Crippen LogP contribution < -0.4 is 0 Å². The van der Waals surface area contributed by atoms with Gasteiger partial charge < -0.3 is 9.47 Å². The highest BCUT2D eigenvalue weighted by molar-refractivity contribution is 9.10. The molecule has 0 amide bonds. The normalized spacial score (nSPS) is 11.0. The van der Waals surface area contributed by atoms with Crippen molar-refractivity contribution in [3.8, 4) is 0 Å². The minimum absolute atomic E-state index is 0.191. The number of hydrogen-bond donors (Lipinski definition) is 0. The third-order valence-electron chi connectivity index (χ3n) is 2.11. The number of rotatable bonds is 3. The van der Waals surface area contributed by atoms with Gasteiger partial charge in [0.2, 0.25) is 0 Å². The van der Waals surface area contributed by atoms with Crippen LogP contribution in [0.3, 0.4) is 0 Å². The van der Waals surface area contributed by atoms with E-state index in [2.05, 4.69) is 15.9 Å². The van der Waals surface area contributed by atoms with Crippen LogP contribution >= 0.6 is 15.9 Å². The van der Waals surface area contributed by atoms with E-state index in [1.807, 2.05) is 0 Å². The fourth-order valence-corrected chi connectivity index (χ4v) is 1.97. The molecule has 0 saturated heterocycles. The van der Waals surface area contributed by atoms with Gasteiger partial charge in [-0.2, -0.15) is 0 Å². The highest BCUT2D eigenvalue weighted by atomic mass is 79.9. The lowest BCUT2D eigenvalue weighted by molar-refractivity contribution is 0.00633. The van der Waals surface area contributed by atoms with E-state index in [0.29, 0.717) is 4.47 Å². The summed E-state index contributed by atoms with van der Waals surface area (Å²) in [6, 6.07) is 4.90. The van der Waals surface area contributed by atoms with Crippen molar-refractivity contribution in [3.63, 3.8) is 0 Å². The highest BCUT2D eigenvalue weighted by Crippen LogP contribution is 2.24. The number of halogens is 1. The average Bonchev–Trinajstić information content (AvgIpc) is 2.26. The number of esters is 2. The summed E-state index contributed by atoms with van der Waals surface area (Å²) in [6.07, 6.45) is 0. The second kappa shape index (κ2) is 6.19. The van der Waals surface area contributed by atoms with E-state index < -0.39 is 17.5 Å². The van der Waals surface area contributed by atoms with Crippen LogP contribution in [0.5, 0.6) is 0 Å². The first-order valence-corrected chi connectivity index (χ1v) is 6.74. The first-order valence-electron chi connectivity index (χ1n) is 5.95. The maximum Gasteiger partial charge on any atom is 0.340 e. The Morgan fingerprint density at radius 2 is 1.84 bits per heavy atom. The van der Waals surface area contributed by atoms with Gasteiger partial charge in [0.05, 0.1) is 17.7 Å². The molecule has 0 bridgehead atoms. The second-order valence-corrected chi connectivity index (χ2v) is 5.74. The topological polar surface area (TPSA) is 52.6 Å². The molecule has 1 aromatic carbocycles. The molecule has 0 aliphatic carbocycles. The molecule has 0 aliphatic heterocycles. The van der Waals surface area contributed by atoms with Crippen LogP contribution in [0, 0.1) is 0 Å². The molecule has 0 heterocycles. The monoisotopic (exact) mass is 328 g/mol. The summed E-state index contributed by atoms with van der Waals surface area (Å²) in [5.41, 5.74) is -0.237. The van der Waals surface area contributed by atoms with Crippen LogP contribution in [-0.2, 0) is 9.47 Å². The maximum absolute atomic E-state index is 12.2. The zero-order chi connectivity index (χ0) is 14.6. The molecular formula is C14H17BrO4. The van der Waals surface area contributed by atoms with E-state index in [-0.39, 0.29) is 17.7 Å². The zero-order valence-electron chi connectivity index (χ0n) is 11.5. The lowest BCUT2D eigenvalue weighted by Crippen LogP contribution is -2.25.